The predicted molar refractivity (Wildman–Crippen MR) is 96.6 cm³/mol. The number of para-hydroxylation sites is 2. The quantitative estimate of drug-likeness (QED) is 0.429. The first-order valence-corrected chi connectivity index (χ1v) is 8.08. The molecule has 3 nitrogen and oxygen atoms in total. The fourth-order valence-electron chi connectivity index (χ4n) is 2.68. The molecule has 0 aliphatic rings. The molecule has 0 N–H and O–H groups in total. The maximum absolute atomic E-state index is 4.71. The number of nitrogens with zero attached hydrogens (tertiary/aromatic N) is 3. The standard InChI is InChI=1S/C15H13N3.2C2H6/c1-10-7-8-13-14(9-10)18-12-6-4-3-5-11(12)16-15(18)17(13)2;2*1-2/h3-9H,1-2H3;2*1-2H3. The number of fused-ring (bicyclic) bond motifs is 5. The Labute approximate surface area is 132 Å². The van der Waals surface area contributed by atoms with Crippen LogP contribution in [0.5, 0.6) is 0 Å². The molecule has 0 aliphatic heterocycles. The van der Waals surface area contributed by atoms with Crippen LogP contribution in [-0.2, 0) is 7.05 Å². The smallest absolute Gasteiger partial charge is 0.215 e. The molecule has 0 saturated heterocycles. The Bertz CT molecular complexity index is 897. The maximum atomic E-state index is 4.71. The Morgan fingerprint density at radius 2 is 1.50 bits per heavy atom. The summed E-state index contributed by atoms with van der Waals surface area (Å²) < 4.78 is 4.38. The SMILES string of the molecule is CC.CC.Cc1ccc2c(c1)n1c3ccccc3nc1n2C. The van der Waals surface area contributed by atoms with Gasteiger partial charge in [-0.15, -0.1) is 0 Å². The number of benzene rings is 2. The summed E-state index contributed by atoms with van der Waals surface area (Å²) in [4.78, 5) is 4.71. The van der Waals surface area contributed by atoms with Crippen LogP contribution in [0, 0.1) is 6.92 Å². The summed E-state index contributed by atoms with van der Waals surface area (Å²) in [6, 6.07) is 14.8. The molecule has 0 amide bonds. The third kappa shape index (κ3) is 2.37. The minimum atomic E-state index is 0.997. The summed E-state index contributed by atoms with van der Waals surface area (Å²) >= 11 is 0. The van der Waals surface area contributed by atoms with Crippen LogP contribution in [0.25, 0.3) is 27.8 Å². The van der Waals surface area contributed by atoms with Gasteiger partial charge in [-0.3, -0.25) is 4.40 Å². The molecule has 2 aromatic heterocycles. The molecule has 4 aromatic rings. The molecule has 0 aliphatic carbocycles. The summed E-state index contributed by atoms with van der Waals surface area (Å²) in [5, 5.41) is 0. The monoisotopic (exact) mass is 295 g/mol. The van der Waals surface area contributed by atoms with Crippen LogP contribution < -0.4 is 0 Å². The molecule has 0 fully saturated rings. The van der Waals surface area contributed by atoms with E-state index in [1.54, 1.807) is 0 Å². The van der Waals surface area contributed by atoms with Crippen LogP contribution in [-0.4, -0.2) is 14.0 Å². The molecule has 0 atom stereocenters. The Morgan fingerprint density at radius 3 is 2.23 bits per heavy atom. The van der Waals surface area contributed by atoms with E-state index >= 15 is 0 Å². The summed E-state index contributed by atoms with van der Waals surface area (Å²) in [6.07, 6.45) is 0. The van der Waals surface area contributed by atoms with Gasteiger partial charge in [-0.05, 0) is 36.8 Å². The Balaban J connectivity index is 0.000000410. The minimum absolute atomic E-state index is 0.997. The Kier molecular flexibility index (Phi) is 4.86. The summed E-state index contributed by atoms with van der Waals surface area (Å²) in [5.41, 5.74) is 5.93. The second kappa shape index (κ2) is 6.65. The lowest BCUT2D eigenvalue weighted by Gasteiger charge is -1.97. The molecule has 0 bridgehead atoms. The fourth-order valence-corrected chi connectivity index (χ4v) is 2.68. The average Bonchev–Trinajstić information content (AvgIpc) is 3.08. The topological polar surface area (TPSA) is 22.2 Å². The minimum Gasteiger partial charge on any atom is -0.313 e. The van der Waals surface area contributed by atoms with Crippen molar-refractivity contribution in [1.82, 2.24) is 14.0 Å². The van der Waals surface area contributed by atoms with Crippen LogP contribution in [0.2, 0.25) is 0 Å². The Hall–Kier alpha value is -2.29. The van der Waals surface area contributed by atoms with Gasteiger partial charge in [0.05, 0.1) is 22.1 Å². The first kappa shape index (κ1) is 16.1. The fraction of sp³-hybridized carbons (Fsp3) is 0.316. The van der Waals surface area contributed by atoms with Crippen LogP contribution in [0.1, 0.15) is 33.3 Å². The highest BCUT2D eigenvalue weighted by Gasteiger charge is 2.12. The second-order valence-corrected chi connectivity index (χ2v) is 4.79. The number of hydrogen-bond donors (Lipinski definition) is 0. The van der Waals surface area contributed by atoms with Gasteiger partial charge in [-0.1, -0.05) is 45.9 Å². The third-order valence-electron chi connectivity index (χ3n) is 3.58. The lowest BCUT2D eigenvalue weighted by Crippen LogP contribution is -1.87. The maximum Gasteiger partial charge on any atom is 0.215 e. The molecule has 116 valence electrons. The third-order valence-corrected chi connectivity index (χ3v) is 3.58. The number of aromatic nitrogens is 3. The molecule has 0 unspecified atom stereocenters. The van der Waals surface area contributed by atoms with E-state index in [1.807, 2.05) is 33.8 Å². The van der Waals surface area contributed by atoms with Crippen molar-refractivity contribution >= 4 is 27.8 Å². The first-order valence-electron chi connectivity index (χ1n) is 8.08. The Morgan fingerprint density at radius 1 is 0.818 bits per heavy atom. The van der Waals surface area contributed by atoms with Gasteiger partial charge in [-0.25, -0.2) is 4.98 Å². The zero-order chi connectivity index (χ0) is 16.3. The summed E-state index contributed by atoms with van der Waals surface area (Å²) in [6.45, 7) is 10.1. The van der Waals surface area contributed by atoms with E-state index in [2.05, 4.69) is 59.3 Å². The van der Waals surface area contributed by atoms with Crippen molar-refractivity contribution in [2.75, 3.05) is 0 Å². The van der Waals surface area contributed by atoms with Gasteiger partial charge in [-0.2, -0.15) is 0 Å². The lowest BCUT2D eigenvalue weighted by atomic mass is 10.2. The average molecular weight is 295 g/mol. The largest absolute Gasteiger partial charge is 0.313 e. The molecule has 3 heteroatoms. The molecule has 2 aromatic carbocycles. The van der Waals surface area contributed by atoms with Gasteiger partial charge in [0.2, 0.25) is 5.78 Å². The lowest BCUT2D eigenvalue weighted by molar-refractivity contribution is 0.973. The highest BCUT2D eigenvalue weighted by Crippen LogP contribution is 2.25. The zero-order valence-electron chi connectivity index (χ0n) is 14.4. The highest BCUT2D eigenvalue weighted by atomic mass is 15.2. The summed E-state index contributed by atoms with van der Waals surface area (Å²) in [7, 11) is 2.07. The van der Waals surface area contributed by atoms with E-state index < -0.39 is 0 Å². The number of aryl methyl sites for hydroxylation is 2. The van der Waals surface area contributed by atoms with Crippen molar-refractivity contribution in [3.05, 3.63) is 48.0 Å². The predicted octanol–water partition coefficient (Wildman–Crippen LogP) is 5.34. The van der Waals surface area contributed by atoms with E-state index in [0.717, 1.165) is 11.3 Å². The number of rotatable bonds is 0. The molecule has 2 heterocycles. The van der Waals surface area contributed by atoms with Crippen molar-refractivity contribution in [3.63, 3.8) is 0 Å². The van der Waals surface area contributed by atoms with E-state index in [0.29, 0.717) is 0 Å². The molecular weight excluding hydrogens is 270 g/mol. The van der Waals surface area contributed by atoms with Gasteiger partial charge in [0.25, 0.3) is 0 Å². The molecule has 0 saturated carbocycles. The van der Waals surface area contributed by atoms with E-state index in [4.69, 9.17) is 4.98 Å². The van der Waals surface area contributed by atoms with Crippen LogP contribution >= 0.6 is 0 Å². The van der Waals surface area contributed by atoms with E-state index in [9.17, 15) is 0 Å². The van der Waals surface area contributed by atoms with Gasteiger partial charge < -0.3 is 4.57 Å². The van der Waals surface area contributed by atoms with Crippen LogP contribution in [0.4, 0.5) is 0 Å². The van der Waals surface area contributed by atoms with Gasteiger partial charge in [0, 0.05) is 7.05 Å². The summed E-state index contributed by atoms with van der Waals surface area (Å²) in [5.74, 6) is 0.997. The van der Waals surface area contributed by atoms with Crippen LogP contribution in [0.15, 0.2) is 42.5 Å². The zero-order valence-corrected chi connectivity index (χ0v) is 14.4. The molecule has 22 heavy (non-hydrogen) atoms. The van der Waals surface area contributed by atoms with Gasteiger partial charge >= 0.3 is 0 Å². The van der Waals surface area contributed by atoms with Crippen molar-refractivity contribution in [2.45, 2.75) is 34.6 Å². The normalized spacial score (nSPS) is 10.3. The van der Waals surface area contributed by atoms with Gasteiger partial charge in [0.15, 0.2) is 0 Å². The molecule has 0 radical (unpaired) electrons. The van der Waals surface area contributed by atoms with Crippen molar-refractivity contribution in [1.29, 1.82) is 0 Å². The number of imidazole rings is 2. The molecule has 4 rings (SSSR count). The highest BCUT2D eigenvalue weighted by molar-refractivity contribution is 5.90. The number of hydrogen-bond acceptors (Lipinski definition) is 1. The molecular formula is C19H25N3. The van der Waals surface area contributed by atoms with Crippen LogP contribution in [0.3, 0.4) is 0 Å². The molecule has 0 spiro atoms. The van der Waals surface area contributed by atoms with Crippen molar-refractivity contribution in [2.24, 2.45) is 7.05 Å². The van der Waals surface area contributed by atoms with E-state index in [1.165, 1.54) is 22.1 Å². The van der Waals surface area contributed by atoms with Crippen molar-refractivity contribution < 1.29 is 0 Å². The second-order valence-electron chi connectivity index (χ2n) is 4.79. The first-order chi connectivity index (χ1) is 10.8. The van der Waals surface area contributed by atoms with E-state index in [-0.39, 0.29) is 0 Å². The van der Waals surface area contributed by atoms with Gasteiger partial charge in [0.1, 0.15) is 0 Å². The van der Waals surface area contributed by atoms with Crippen molar-refractivity contribution in [3.8, 4) is 0 Å².